The molecule has 2 aromatic rings. The molecule has 2 aromatic carbocycles. The Morgan fingerprint density at radius 3 is 2.37 bits per heavy atom. The Bertz CT molecular complexity index is 763. The maximum atomic E-state index is 11.9. The average molecular weight is 385 g/mol. The van der Waals surface area contributed by atoms with Gasteiger partial charge in [-0.2, -0.15) is 5.26 Å². The lowest BCUT2D eigenvalue weighted by molar-refractivity contribution is -0.117. The largest absolute Gasteiger partial charge is 0.495 e. The molecule has 142 valence electrons. The van der Waals surface area contributed by atoms with E-state index >= 15 is 0 Å². The zero-order valence-corrected chi connectivity index (χ0v) is 16.3. The lowest BCUT2D eigenvalue weighted by Gasteiger charge is -2.20. The molecule has 3 rings (SSSR count). The van der Waals surface area contributed by atoms with E-state index in [1.807, 2.05) is 18.2 Å². The van der Waals surface area contributed by atoms with Crippen molar-refractivity contribution in [1.82, 2.24) is 0 Å². The van der Waals surface area contributed by atoms with E-state index in [9.17, 15) is 4.79 Å². The molecule has 0 bridgehead atoms. The van der Waals surface area contributed by atoms with Gasteiger partial charge in [-0.25, -0.2) is 0 Å². The summed E-state index contributed by atoms with van der Waals surface area (Å²) in [5, 5.41) is 12.2. The van der Waals surface area contributed by atoms with Gasteiger partial charge in [0.15, 0.2) is 0 Å². The standard InChI is InChI=1S/C15H18N2O.C7H7ClO/c16-11-13-6-8-14(9-7-13)17-15(18)10-12-4-2-1-3-5-12;1-9-7-5-3-2-4-6(7)8/h6-9,12H,1-5,10H2,(H,17,18);2-5H,1H3. The van der Waals surface area contributed by atoms with E-state index in [1.54, 1.807) is 37.4 Å². The summed E-state index contributed by atoms with van der Waals surface area (Å²) in [4.78, 5) is 11.9. The highest BCUT2D eigenvalue weighted by atomic mass is 35.5. The smallest absolute Gasteiger partial charge is 0.224 e. The molecule has 1 N–H and O–H groups in total. The minimum Gasteiger partial charge on any atom is -0.495 e. The van der Waals surface area contributed by atoms with Gasteiger partial charge in [0.1, 0.15) is 5.75 Å². The molecular weight excluding hydrogens is 360 g/mol. The van der Waals surface area contributed by atoms with Gasteiger partial charge in [0.25, 0.3) is 0 Å². The molecule has 0 heterocycles. The number of hydrogen-bond acceptors (Lipinski definition) is 3. The number of methoxy groups -OCH3 is 1. The highest BCUT2D eigenvalue weighted by Crippen LogP contribution is 2.26. The zero-order valence-electron chi connectivity index (χ0n) is 15.6. The average Bonchev–Trinajstić information content (AvgIpc) is 2.70. The molecule has 1 fully saturated rings. The predicted octanol–water partition coefficient (Wildman–Crippen LogP) is 5.82. The third-order valence-electron chi connectivity index (χ3n) is 4.55. The second-order valence-electron chi connectivity index (χ2n) is 6.58. The monoisotopic (exact) mass is 384 g/mol. The Labute approximate surface area is 166 Å². The molecule has 0 atom stereocenters. The maximum absolute atomic E-state index is 11.9. The molecule has 5 heteroatoms. The van der Waals surface area contributed by atoms with Crippen LogP contribution in [0.15, 0.2) is 48.5 Å². The zero-order chi connectivity index (χ0) is 19.5. The number of carbonyl (C=O) groups is 1. The predicted molar refractivity (Wildman–Crippen MR) is 109 cm³/mol. The molecule has 1 aliphatic carbocycles. The summed E-state index contributed by atoms with van der Waals surface area (Å²) in [6.07, 6.45) is 6.82. The fourth-order valence-electron chi connectivity index (χ4n) is 3.10. The lowest BCUT2D eigenvalue weighted by atomic mass is 9.87. The van der Waals surface area contributed by atoms with Crippen LogP contribution >= 0.6 is 11.6 Å². The molecule has 0 radical (unpaired) electrons. The highest BCUT2D eigenvalue weighted by molar-refractivity contribution is 6.32. The van der Waals surface area contributed by atoms with Crippen molar-refractivity contribution >= 4 is 23.2 Å². The van der Waals surface area contributed by atoms with Crippen LogP contribution < -0.4 is 10.1 Å². The summed E-state index contributed by atoms with van der Waals surface area (Å²) in [6.45, 7) is 0. The summed E-state index contributed by atoms with van der Waals surface area (Å²) in [5.74, 6) is 1.36. The number of nitriles is 1. The fourth-order valence-corrected chi connectivity index (χ4v) is 3.32. The molecule has 1 aliphatic rings. The van der Waals surface area contributed by atoms with Crippen LogP contribution in [-0.4, -0.2) is 13.0 Å². The first-order chi connectivity index (χ1) is 13.1. The van der Waals surface area contributed by atoms with E-state index in [-0.39, 0.29) is 5.91 Å². The molecule has 1 saturated carbocycles. The number of benzene rings is 2. The van der Waals surface area contributed by atoms with E-state index in [1.165, 1.54) is 32.1 Å². The van der Waals surface area contributed by atoms with Gasteiger partial charge >= 0.3 is 0 Å². The third-order valence-corrected chi connectivity index (χ3v) is 4.87. The Balaban J connectivity index is 0.000000244. The topological polar surface area (TPSA) is 62.1 Å². The Kier molecular flexibility index (Phi) is 8.67. The second kappa shape index (κ2) is 11.3. The minimum atomic E-state index is 0.0895. The normalized spacial score (nSPS) is 13.7. The van der Waals surface area contributed by atoms with Crippen molar-refractivity contribution < 1.29 is 9.53 Å². The van der Waals surface area contributed by atoms with Crippen molar-refractivity contribution in [2.75, 3.05) is 12.4 Å². The Morgan fingerprint density at radius 2 is 1.81 bits per heavy atom. The Morgan fingerprint density at radius 1 is 1.15 bits per heavy atom. The molecule has 1 amide bonds. The number of halogens is 1. The third kappa shape index (κ3) is 7.32. The molecule has 0 spiro atoms. The van der Waals surface area contributed by atoms with Crippen LogP contribution in [0.5, 0.6) is 5.75 Å². The SMILES string of the molecule is COc1ccccc1Cl.N#Cc1ccc(NC(=O)CC2CCCCC2)cc1. The number of rotatable bonds is 4. The van der Waals surface area contributed by atoms with Gasteiger partial charge in [0, 0.05) is 12.1 Å². The van der Waals surface area contributed by atoms with Crippen molar-refractivity contribution in [3.8, 4) is 11.8 Å². The summed E-state index contributed by atoms with van der Waals surface area (Å²) >= 11 is 5.70. The quantitative estimate of drug-likeness (QED) is 0.722. The number of hydrogen-bond donors (Lipinski definition) is 1. The molecule has 0 aromatic heterocycles. The van der Waals surface area contributed by atoms with Crippen molar-refractivity contribution in [2.24, 2.45) is 5.92 Å². The number of carbonyl (C=O) groups excluding carboxylic acids is 1. The maximum Gasteiger partial charge on any atom is 0.224 e. The number of ether oxygens (including phenoxy) is 1. The van der Waals surface area contributed by atoms with Crippen LogP contribution in [0.3, 0.4) is 0 Å². The van der Waals surface area contributed by atoms with Gasteiger partial charge in [-0.1, -0.05) is 43.0 Å². The summed E-state index contributed by atoms with van der Waals surface area (Å²) < 4.78 is 4.91. The summed E-state index contributed by atoms with van der Waals surface area (Å²) in [5.41, 5.74) is 1.38. The number of nitrogens with zero attached hydrogens (tertiary/aromatic N) is 1. The number of anilines is 1. The van der Waals surface area contributed by atoms with Crippen molar-refractivity contribution in [2.45, 2.75) is 38.5 Å². The van der Waals surface area contributed by atoms with E-state index in [0.717, 1.165) is 11.4 Å². The first kappa shape index (κ1) is 20.8. The van der Waals surface area contributed by atoms with Crippen LogP contribution in [0.4, 0.5) is 5.69 Å². The minimum absolute atomic E-state index is 0.0895. The van der Waals surface area contributed by atoms with E-state index in [0.29, 0.717) is 22.9 Å². The van der Waals surface area contributed by atoms with Crippen LogP contribution in [0, 0.1) is 17.2 Å². The number of nitrogens with one attached hydrogen (secondary N) is 1. The molecule has 0 aliphatic heterocycles. The summed E-state index contributed by atoms with van der Waals surface area (Å²) in [6, 6.07) is 16.4. The summed E-state index contributed by atoms with van der Waals surface area (Å²) in [7, 11) is 1.60. The van der Waals surface area contributed by atoms with E-state index < -0.39 is 0 Å². The number of amides is 1. The van der Waals surface area contributed by atoms with Gasteiger partial charge in [0.2, 0.25) is 5.91 Å². The fraction of sp³-hybridized carbons (Fsp3) is 0.364. The molecular formula is C22H25ClN2O2. The van der Waals surface area contributed by atoms with Crippen LogP contribution in [0.2, 0.25) is 5.02 Å². The van der Waals surface area contributed by atoms with Gasteiger partial charge in [-0.05, 0) is 55.2 Å². The Hall–Kier alpha value is -2.51. The second-order valence-corrected chi connectivity index (χ2v) is 6.99. The van der Waals surface area contributed by atoms with E-state index in [4.69, 9.17) is 21.6 Å². The first-order valence-corrected chi connectivity index (χ1v) is 9.58. The molecule has 27 heavy (non-hydrogen) atoms. The van der Waals surface area contributed by atoms with Crippen LogP contribution in [0.1, 0.15) is 44.1 Å². The number of para-hydroxylation sites is 1. The van der Waals surface area contributed by atoms with Crippen LogP contribution in [-0.2, 0) is 4.79 Å². The first-order valence-electron chi connectivity index (χ1n) is 9.21. The van der Waals surface area contributed by atoms with Crippen molar-refractivity contribution in [3.05, 3.63) is 59.1 Å². The van der Waals surface area contributed by atoms with Gasteiger partial charge in [-0.15, -0.1) is 0 Å². The highest BCUT2D eigenvalue weighted by Gasteiger charge is 2.16. The van der Waals surface area contributed by atoms with Gasteiger partial charge < -0.3 is 10.1 Å². The van der Waals surface area contributed by atoms with E-state index in [2.05, 4.69) is 11.4 Å². The lowest BCUT2D eigenvalue weighted by Crippen LogP contribution is -2.18. The van der Waals surface area contributed by atoms with Crippen LogP contribution in [0.25, 0.3) is 0 Å². The van der Waals surface area contributed by atoms with Crippen molar-refractivity contribution in [1.29, 1.82) is 5.26 Å². The molecule has 0 saturated heterocycles. The molecule has 0 unspecified atom stereocenters. The van der Waals surface area contributed by atoms with Crippen molar-refractivity contribution in [3.63, 3.8) is 0 Å². The van der Waals surface area contributed by atoms with Gasteiger partial charge in [-0.3, -0.25) is 4.79 Å². The van der Waals surface area contributed by atoms with Gasteiger partial charge in [0.05, 0.1) is 23.8 Å². The molecule has 4 nitrogen and oxygen atoms in total.